The topological polar surface area (TPSA) is 66.8 Å². The molecule has 21 heavy (non-hydrogen) atoms. The maximum atomic E-state index is 12.2. The molecule has 5 heteroatoms. The molecule has 1 N–H and O–H groups in total. The SMILES string of the molecule is COC(=O)CCCN(C)C(=O)c1cccc(C#CCO)c1. The van der Waals surface area contributed by atoms with E-state index in [1.807, 2.05) is 0 Å². The Morgan fingerprint density at radius 2 is 2.14 bits per heavy atom. The molecule has 0 saturated carbocycles. The molecule has 1 amide bonds. The predicted octanol–water partition coefficient (Wildman–Crippen LogP) is 1.06. The molecule has 0 unspecified atom stereocenters. The minimum absolute atomic E-state index is 0.132. The second kappa shape index (κ2) is 8.77. The Kier molecular flexibility index (Phi) is 6.99. The largest absolute Gasteiger partial charge is 0.469 e. The third-order valence-electron chi connectivity index (χ3n) is 2.87. The van der Waals surface area contributed by atoms with Crippen LogP contribution in [0, 0.1) is 11.8 Å². The van der Waals surface area contributed by atoms with Crippen molar-refractivity contribution in [3.63, 3.8) is 0 Å². The van der Waals surface area contributed by atoms with Gasteiger partial charge in [-0.3, -0.25) is 9.59 Å². The molecule has 5 nitrogen and oxygen atoms in total. The van der Waals surface area contributed by atoms with Crippen LogP contribution in [0.4, 0.5) is 0 Å². The Hall–Kier alpha value is -2.32. The third kappa shape index (κ3) is 5.67. The van der Waals surface area contributed by atoms with Crippen LogP contribution in [0.5, 0.6) is 0 Å². The van der Waals surface area contributed by atoms with Gasteiger partial charge in [0, 0.05) is 31.1 Å². The summed E-state index contributed by atoms with van der Waals surface area (Å²) in [4.78, 5) is 24.8. The first-order valence-corrected chi connectivity index (χ1v) is 6.60. The number of methoxy groups -OCH3 is 1. The Morgan fingerprint density at radius 3 is 2.81 bits per heavy atom. The predicted molar refractivity (Wildman–Crippen MR) is 78.6 cm³/mol. The van der Waals surface area contributed by atoms with E-state index in [1.54, 1.807) is 36.2 Å². The molecule has 1 rings (SSSR count). The van der Waals surface area contributed by atoms with Crippen LogP contribution in [0.15, 0.2) is 24.3 Å². The van der Waals surface area contributed by atoms with Crippen molar-refractivity contribution in [2.75, 3.05) is 27.3 Å². The maximum Gasteiger partial charge on any atom is 0.305 e. The molecule has 0 bridgehead atoms. The van der Waals surface area contributed by atoms with Gasteiger partial charge in [0.15, 0.2) is 0 Å². The molecule has 0 heterocycles. The molecular formula is C16H19NO4. The molecular weight excluding hydrogens is 270 g/mol. The van der Waals surface area contributed by atoms with E-state index in [2.05, 4.69) is 16.6 Å². The zero-order valence-corrected chi connectivity index (χ0v) is 12.3. The van der Waals surface area contributed by atoms with E-state index in [0.29, 0.717) is 24.1 Å². The average Bonchev–Trinajstić information content (AvgIpc) is 2.52. The van der Waals surface area contributed by atoms with Crippen molar-refractivity contribution >= 4 is 11.9 Å². The van der Waals surface area contributed by atoms with E-state index < -0.39 is 0 Å². The van der Waals surface area contributed by atoms with E-state index in [1.165, 1.54) is 7.11 Å². The van der Waals surface area contributed by atoms with Crippen LogP contribution in [-0.2, 0) is 9.53 Å². The summed E-state index contributed by atoms with van der Waals surface area (Å²) in [5, 5.41) is 8.67. The van der Waals surface area contributed by atoms with Gasteiger partial charge in [0.05, 0.1) is 7.11 Å². The lowest BCUT2D eigenvalue weighted by molar-refractivity contribution is -0.140. The van der Waals surface area contributed by atoms with Gasteiger partial charge in [-0.05, 0) is 24.6 Å². The highest BCUT2D eigenvalue weighted by atomic mass is 16.5. The van der Waals surface area contributed by atoms with Crippen LogP contribution in [0.2, 0.25) is 0 Å². The Bertz CT molecular complexity index is 557. The molecule has 0 radical (unpaired) electrons. The molecule has 0 spiro atoms. The lowest BCUT2D eigenvalue weighted by Crippen LogP contribution is -2.28. The first kappa shape index (κ1) is 16.7. The van der Waals surface area contributed by atoms with Crippen LogP contribution in [0.25, 0.3) is 0 Å². The van der Waals surface area contributed by atoms with Crippen molar-refractivity contribution in [1.82, 2.24) is 4.90 Å². The smallest absolute Gasteiger partial charge is 0.305 e. The van der Waals surface area contributed by atoms with Crippen molar-refractivity contribution < 1.29 is 19.4 Å². The number of carbonyl (C=O) groups excluding carboxylic acids is 2. The lowest BCUT2D eigenvalue weighted by atomic mass is 10.1. The summed E-state index contributed by atoms with van der Waals surface area (Å²) < 4.78 is 4.55. The summed E-state index contributed by atoms with van der Waals surface area (Å²) in [6, 6.07) is 6.92. The molecule has 0 aliphatic carbocycles. The zero-order valence-electron chi connectivity index (χ0n) is 12.3. The van der Waals surface area contributed by atoms with Gasteiger partial charge in [-0.25, -0.2) is 0 Å². The van der Waals surface area contributed by atoms with Gasteiger partial charge in [0.25, 0.3) is 5.91 Å². The highest BCUT2D eigenvalue weighted by Gasteiger charge is 2.12. The molecule has 0 atom stereocenters. The van der Waals surface area contributed by atoms with Crippen LogP contribution in [0.3, 0.4) is 0 Å². The third-order valence-corrected chi connectivity index (χ3v) is 2.87. The molecule has 0 aromatic heterocycles. The van der Waals surface area contributed by atoms with E-state index in [4.69, 9.17) is 5.11 Å². The highest BCUT2D eigenvalue weighted by Crippen LogP contribution is 2.08. The van der Waals surface area contributed by atoms with Gasteiger partial charge in [0.1, 0.15) is 6.61 Å². The minimum atomic E-state index is -0.280. The summed E-state index contributed by atoms with van der Waals surface area (Å²) in [6.45, 7) is 0.256. The number of aliphatic hydroxyl groups is 1. The van der Waals surface area contributed by atoms with Crippen molar-refractivity contribution in [2.24, 2.45) is 0 Å². The average molecular weight is 289 g/mol. The monoisotopic (exact) mass is 289 g/mol. The van der Waals surface area contributed by atoms with Crippen LogP contribution >= 0.6 is 0 Å². The van der Waals surface area contributed by atoms with Crippen LogP contribution in [-0.4, -0.2) is 49.2 Å². The van der Waals surface area contributed by atoms with Gasteiger partial charge >= 0.3 is 5.97 Å². The van der Waals surface area contributed by atoms with Crippen molar-refractivity contribution in [1.29, 1.82) is 0 Å². The Balaban J connectivity index is 2.63. The summed E-state index contributed by atoms with van der Waals surface area (Å²) in [7, 11) is 3.03. The molecule has 0 aliphatic heterocycles. The van der Waals surface area contributed by atoms with Gasteiger partial charge < -0.3 is 14.7 Å². The standard InChI is InChI=1S/C16H19NO4/c1-17(10-4-9-15(19)21-2)16(20)14-8-3-6-13(12-14)7-5-11-18/h3,6,8,12,18H,4,9-11H2,1-2H3. The van der Waals surface area contributed by atoms with Gasteiger partial charge in [-0.15, -0.1) is 0 Å². The van der Waals surface area contributed by atoms with Gasteiger partial charge in [-0.1, -0.05) is 17.9 Å². The summed E-state index contributed by atoms with van der Waals surface area (Å²) in [5.74, 6) is 4.89. The quantitative estimate of drug-likeness (QED) is 0.650. The Labute approximate surface area is 124 Å². The van der Waals surface area contributed by atoms with Gasteiger partial charge in [-0.2, -0.15) is 0 Å². The number of rotatable bonds is 5. The normalized spacial score (nSPS) is 9.48. The van der Waals surface area contributed by atoms with Gasteiger partial charge in [0.2, 0.25) is 0 Å². The Morgan fingerprint density at radius 1 is 1.38 bits per heavy atom. The number of hydrogen-bond acceptors (Lipinski definition) is 4. The fourth-order valence-electron chi connectivity index (χ4n) is 1.76. The molecule has 112 valence electrons. The molecule has 0 fully saturated rings. The van der Waals surface area contributed by atoms with E-state index in [-0.39, 0.29) is 24.9 Å². The number of hydrogen-bond donors (Lipinski definition) is 1. The number of nitrogens with zero attached hydrogens (tertiary/aromatic N) is 1. The van der Waals surface area contributed by atoms with Crippen molar-refractivity contribution in [3.8, 4) is 11.8 Å². The maximum absolute atomic E-state index is 12.2. The minimum Gasteiger partial charge on any atom is -0.469 e. The highest BCUT2D eigenvalue weighted by molar-refractivity contribution is 5.94. The second-order valence-corrected chi connectivity index (χ2v) is 4.45. The van der Waals surface area contributed by atoms with Crippen molar-refractivity contribution in [3.05, 3.63) is 35.4 Å². The molecule has 1 aromatic rings. The number of benzene rings is 1. The van der Waals surface area contributed by atoms with Crippen molar-refractivity contribution in [2.45, 2.75) is 12.8 Å². The van der Waals surface area contributed by atoms with E-state index in [0.717, 1.165) is 0 Å². The van der Waals surface area contributed by atoms with Crippen LogP contribution < -0.4 is 0 Å². The fraction of sp³-hybridized carbons (Fsp3) is 0.375. The number of carbonyl (C=O) groups is 2. The summed E-state index contributed by atoms with van der Waals surface area (Å²) in [5.41, 5.74) is 1.21. The van der Waals surface area contributed by atoms with E-state index in [9.17, 15) is 9.59 Å². The summed E-state index contributed by atoms with van der Waals surface area (Å²) in [6.07, 6.45) is 0.842. The second-order valence-electron chi connectivity index (χ2n) is 4.45. The summed E-state index contributed by atoms with van der Waals surface area (Å²) >= 11 is 0. The zero-order chi connectivity index (χ0) is 15.7. The molecule has 0 saturated heterocycles. The lowest BCUT2D eigenvalue weighted by Gasteiger charge is -2.17. The fourth-order valence-corrected chi connectivity index (χ4v) is 1.76. The molecule has 1 aromatic carbocycles. The number of esters is 1. The van der Waals surface area contributed by atoms with E-state index >= 15 is 0 Å². The molecule has 0 aliphatic rings. The number of ether oxygens (including phenoxy) is 1. The number of amides is 1. The van der Waals surface area contributed by atoms with Crippen LogP contribution in [0.1, 0.15) is 28.8 Å². The number of aliphatic hydroxyl groups excluding tert-OH is 1. The first-order valence-electron chi connectivity index (χ1n) is 6.60. The first-order chi connectivity index (χ1) is 10.1.